The van der Waals surface area contributed by atoms with E-state index in [4.69, 9.17) is 9.47 Å². The quantitative estimate of drug-likeness (QED) is 0.0120. The van der Waals surface area contributed by atoms with Crippen LogP contribution in [0, 0.1) is 5.41 Å². The molecule has 0 fully saturated rings. The van der Waals surface area contributed by atoms with Crippen molar-refractivity contribution in [3.05, 3.63) is 83.9 Å². The molecule has 20 nitrogen and oxygen atoms in total. The highest BCUT2D eigenvalue weighted by Gasteiger charge is 2.34. The van der Waals surface area contributed by atoms with Crippen LogP contribution in [0.2, 0.25) is 0 Å². The Kier molecular flexibility index (Phi) is 56.3. The number of hydrogen-bond donors (Lipinski definition) is 6. The monoisotopic (exact) mass is 1570 g/mol. The second-order valence-corrected chi connectivity index (χ2v) is 36.4. The first-order chi connectivity index (χ1) is 52.6. The van der Waals surface area contributed by atoms with Crippen molar-refractivity contribution < 1.29 is 85.6 Å². The van der Waals surface area contributed by atoms with E-state index >= 15 is 0 Å². The third kappa shape index (κ3) is 60.0. The number of hydrogen-bond acceptors (Lipinski definition) is 12. The van der Waals surface area contributed by atoms with Crippen molar-refractivity contribution in [2.24, 2.45) is 5.41 Å². The zero-order chi connectivity index (χ0) is 82.8. The number of nitrogens with zero attached hydrogens (tertiary/aromatic N) is 6. The topological polar surface area (TPSA) is 226 Å². The van der Waals surface area contributed by atoms with Crippen molar-refractivity contribution in [3.63, 3.8) is 0 Å². The zero-order valence-corrected chi connectivity index (χ0v) is 73.2. The standard InChI is InChI=1S/C46H94N2O4.C45H72N6O8/c1-8-10-12-14-16-18-24-30-36-46(35-29-23-17-15-13-11-9-2,37-31-25-19-21-27-33-44(50)43-48(6,7)39-41-49)38-32-26-20-22-28-34-45(51)52-42-40-47(3,4)5;1-48(2,26-14-24-46-43(56)22-20-38-16-10-8-11-17-38)33-41(54)34-50(5,6)29-31-59-45(58)32-40(53)36-51(7,28-30-52)37-42(55)35-49(3,4)27-15-25-47-44(57)23-21-39-18-12-9-13-19-39/h49H,8-43H2,1-7H3;8-13,16-23,41-42,52,54-55H,14-15,24-37H2,1-7H3/q2*+2/p+2. The fourth-order valence-corrected chi connectivity index (χ4v) is 15.1. The van der Waals surface area contributed by atoms with E-state index in [1.165, 1.54) is 173 Å². The average molecular weight is 1570 g/mol. The maximum atomic E-state index is 13.0. The molecule has 6 N–H and O–H groups in total. The van der Waals surface area contributed by atoms with Crippen LogP contribution < -0.4 is 10.6 Å². The first-order valence-electron chi connectivity index (χ1n) is 43.5. The second kappa shape index (κ2) is 60.3. The van der Waals surface area contributed by atoms with Gasteiger partial charge in [0.05, 0.1) is 111 Å². The van der Waals surface area contributed by atoms with Gasteiger partial charge in [0, 0.05) is 50.9 Å². The van der Waals surface area contributed by atoms with Gasteiger partial charge in [-0.25, -0.2) is 0 Å². The van der Waals surface area contributed by atoms with E-state index in [-0.39, 0.29) is 67.5 Å². The van der Waals surface area contributed by atoms with Crippen LogP contribution in [0.25, 0.3) is 12.2 Å². The van der Waals surface area contributed by atoms with Gasteiger partial charge < -0.3 is 67.4 Å². The molecule has 4 unspecified atom stereocenters. The van der Waals surface area contributed by atoms with Crippen LogP contribution >= 0.6 is 0 Å². The number of ether oxygens (including phenoxy) is 2. The molecule has 0 spiro atoms. The number of aliphatic hydroxyl groups is 4. The minimum absolute atomic E-state index is 0.0274. The summed E-state index contributed by atoms with van der Waals surface area (Å²) in [5.41, 5.74) is 2.40. The molecule has 4 atom stereocenters. The van der Waals surface area contributed by atoms with Crippen LogP contribution in [0.4, 0.5) is 0 Å². The van der Waals surface area contributed by atoms with Crippen molar-refractivity contribution in [1.29, 1.82) is 0 Å². The molecule has 2 aromatic carbocycles. The summed E-state index contributed by atoms with van der Waals surface area (Å²) in [6, 6.07) is 19.2. The summed E-state index contributed by atoms with van der Waals surface area (Å²) >= 11 is 0. The average Bonchev–Trinajstić information content (AvgIpc) is 0.840. The molecule has 0 aliphatic rings. The number of unbranched alkanes of at least 4 members (excludes halogenated alkanes) is 21. The van der Waals surface area contributed by atoms with E-state index in [1.807, 2.05) is 117 Å². The SMILES string of the molecule is CCCCCCCCCCC(CCCCCCCCC)(CCCCCCCC(=O)C[N+](C)(C)CCO)CCCCCCCC(=O)OCC[N+](C)(C)C.C[N+](C)(CCCNC(=O)C=Cc1ccccc1)CC(O)C[N+](C)(C)CCOC(=O)CC(=O)C[N+](C)(CCO)CC(O)C[N+](C)(C)CCCNC(=O)C=Cc1ccccc1. The first-order valence-corrected chi connectivity index (χ1v) is 43.5. The summed E-state index contributed by atoms with van der Waals surface area (Å²) in [7, 11) is 24.2. The molecule has 2 rings (SSSR count). The van der Waals surface area contributed by atoms with Gasteiger partial charge >= 0.3 is 11.9 Å². The Morgan fingerprint density at radius 2 is 0.766 bits per heavy atom. The Bertz CT molecular complexity index is 2810. The van der Waals surface area contributed by atoms with E-state index < -0.39 is 24.6 Å². The molecule has 0 aliphatic carbocycles. The molecule has 20 heteroatoms. The summed E-state index contributed by atoms with van der Waals surface area (Å²) < 4.78 is 13.9. The minimum atomic E-state index is -0.773. The molecule has 2 aromatic rings. The smallest absolute Gasteiger partial charge is 0.313 e. The molecule has 0 saturated carbocycles. The van der Waals surface area contributed by atoms with Gasteiger partial charge in [-0.1, -0.05) is 222 Å². The molecule has 111 heavy (non-hydrogen) atoms. The lowest BCUT2D eigenvalue weighted by atomic mass is 9.70. The number of carbonyl (C=O) groups excluding carboxylic acids is 6. The molecular formula is C91H168N8O12+6. The summed E-state index contributed by atoms with van der Waals surface area (Å²) in [5, 5.41) is 46.9. The summed E-state index contributed by atoms with van der Waals surface area (Å²) in [6.45, 7) is 11.9. The number of amides is 2. The van der Waals surface area contributed by atoms with Crippen LogP contribution in [-0.4, -0.2) is 297 Å². The van der Waals surface area contributed by atoms with Crippen LogP contribution in [0.1, 0.15) is 243 Å². The van der Waals surface area contributed by atoms with E-state index in [1.54, 1.807) is 19.2 Å². The van der Waals surface area contributed by atoms with Crippen molar-refractivity contribution in [2.45, 2.75) is 244 Å². The first kappa shape index (κ1) is 104. The van der Waals surface area contributed by atoms with Crippen LogP contribution in [0.15, 0.2) is 72.8 Å². The van der Waals surface area contributed by atoms with Gasteiger partial charge in [-0.05, 0) is 67.2 Å². The third-order valence-corrected chi connectivity index (χ3v) is 21.7. The van der Waals surface area contributed by atoms with E-state index in [9.17, 15) is 49.2 Å². The molecule has 0 heterocycles. The molecule has 0 aromatic heterocycles. The van der Waals surface area contributed by atoms with E-state index in [0.717, 1.165) is 60.8 Å². The fourth-order valence-electron chi connectivity index (χ4n) is 15.1. The lowest BCUT2D eigenvalue weighted by Crippen LogP contribution is -2.57. The number of likely N-dealkylation sites (N-methyl/N-ethyl adjacent to an activating group) is 6. The highest BCUT2D eigenvalue weighted by atomic mass is 16.5. The molecule has 638 valence electrons. The van der Waals surface area contributed by atoms with Crippen molar-refractivity contribution in [2.75, 3.05) is 203 Å². The molecule has 0 saturated heterocycles. The van der Waals surface area contributed by atoms with Gasteiger partial charge in [0.1, 0.15) is 85.1 Å². The lowest BCUT2D eigenvalue weighted by molar-refractivity contribution is -0.921. The predicted octanol–water partition coefficient (Wildman–Crippen LogP) is 13.3. The number of ketones is 2. The largest absolute Gasteiger partial charge is 0.460 e. The Labute approximate surface area is 676 Å². The summed E-state index contributed by atoms with van der Waals surface area (Å²) in [6.07, 6.45) is 45.9. The highest BCUT2D eigenvalue weighted by Crippen LogP contribution is 2.42. The lowest BCUT2D eigenvalue weighted by Gasteiger charge is -2.38. The van der Waals surface area contributed by atoms with E-state index in [2.05, 4.69) is 45.6 Å². The summed E-state index contributed by atoms with van der Waals surface area (Å²) in [5.74, 6) is -0.968. The van der Waals surface area contributed by atoms with Crippen LogP contribution in [-0.2, 0) is 38.2 Å². The number of benzene rings is 2. The summed E-state index contributed by atoms with van der Waals surface area (Å²) in [4.78, 5) is 74.8. The number of Topliss-reactive ketones (excluding diaryl/α,β-unsaturated/α-hetero) is 2. The maximum Gasteiger partial charge on any atom is 0.313 e. The van der Waals surface area contributed by atoms with E-state index in [0.29, 0.717) is 114 Å². The molecule has 0 radical (unpaired) electrons. The van der Waals surface area contributed by atoms with Gasteiger partial charge in [0.25, 0.3) is 0 Å². The van der Waals surface area contributed by atoms with Crippen molar-refractivity contribution >= 4 is 47.5 Å². The zero-order valence-electron chi connectivity index (χ0n) is 73.2. The Morgan fingerprint density at radius 3 is 1.18 bits per heavy atom. The van der Waals surface area contributed by atoms with Crippen LogP contribution in [0.3, 0.4) is 0 Å². The number of carbonyl (C=O) groups is 6. The molecule has 0 aliphatic heterocycles. The van der Waals surface area contributed by atoms with Gasteiger partial charge in [-0.15, -0.1) is 0 Å². The van der Waals surface area contributed by atoms with Crippen LogP contribution in [0.5, 0.6) is 0 Å². The normalized spacial score (nSPS) is 14.0. The Balaban J connectivity index is 0.00000112. The van der Waals surface area contributed by atoms with Crippen molar-refractivity contribution in [1.82, 2.24) is 10.6 Å². The Morgan fingerprint density at radius 1 is 0.396 bits per heavy atom. The van der Waals surface area contributed by atoms with Gasteiger partial charge in [-0.2, -0.15) is 0 Å². The number of quaternary nitrogens is 6. The maximum absolute atomic E-state index is 13.0. The molecular weight excluding hydrogens is 1400 g/mol. The second-order valence-electron chi connectivity index (χ2n) is 36.4. The predicted molar refractivity (Wildman–Crippen MR) is 457 cm³/mol. The molecule has 0 bridgehead atoms. The van der Waals surface area contributed by atoms with Gasteiger partial charge in [-0.3, -0.25) is 28.8 Å². The number of nitrogens with one attached hydrogen (secondary N) is 2. The minimum Gasteiger partial charge on any atom is -0.460 e. The fraction of sp³-hybridized carbons (Fsp3) is 0.758. The molecule has 2 amide bonds. The highest BCUT2D eigenvalue weighted by molar-refractivity contribution is 5.96. The number of esters is 2. The van der Waals surface area contributed by atoms with Gasteiger partial charge in [0.15, 0.2) is 23.8 Å². The van der Waals surface area contributed by atoms with Crippen molar-refractivity contribution in [3.8, 4) is 0 Å². The van der Waals surface area contributed by atoms with Gasteiger partial charge in [0.2, 0.25) is 11.8 Å². The Hall–Kier alpha value is -5.26. The third-order valence-electron chi connectivity index (χ3n) is 21.7. The number of rotatable bonds is 69. The number of aliphatic hydroxyl groups excluding tert-OH is 4.